The lowest BCUT2D eigenvalue weighted by Gasteiger charge is -2.00. The average molecular weight is 239 g/mol. The number of hydrogen-bond acceptors (Lipinski definition) is 4. The standard InChI is InChI=1S/C13H13N5/c1-10-3-2-4-13-17-11(9-18(10)13)7-16-12-8-14-5-6-15-12/h2-6,8-9H,7H2,1H3,(H,15,16). The van der Waals surface area contributed by atoms with Crippen LogP contribution >= 0.6 is 0 Å². The molecule has 0 spiro atoms. The number of aryl methyl sites for hydroxylation is 1. The largest absolute Gasteiger partial charge is 0.363 e. The van der Waals surface area contributed by atoms with E-state index in [0.29, 0.717) is 6.54 Å². The molecule has 5 nitrogen and oxygen atoms in total. The summed E-state index contributed by atoms with van der Waals surface area (Å²) in [6, 6.07) is 6.07. The zero-order chi connectivity index (χ0) is 12.4. The van der Waals surface area contributed by atoms with Crippen molar-refractivity contribution in [2.24, 2.45) is 0 Å². The van der Waals surface area contributed by atoms with Crippen LogP contribution in [0.15, 0.2) is 43.0 Å². The molecule has 0 fully saturated rings. The third-order valence-electron chi connectivity index (χ3n) is 2.76. The van der Waals surface area contributed by atoms with Crippen molar-refractivity contribution in [3.05, 3.63) is 54.4 Å². The molecule has 3 heterocycles. The molecule has 18 heavy (non-hydrogen) atoms. The molecule has 0 aliphatic heterocycles. The maximum atomic E-state index is 4.54. The Bertz CT molecular complexity index is 659. The van der Waals surface area contributed by atoms with Crippen LogP contribution in [0.5, 0.6) is 0 Å². The molecule has 0 aromatic carbocycles. The van der Waals surface area contributed by atoms with Crippen molar-refractivity contribution in [1.29, 1.82) is 0 Å². The first kappa shape index (κ1) is 10.7. The summed E-state index contributed by atoms with van der Waals surface area (Å²) in [5, 5.41) is 3.19. The number of fused-ring (bicyclic) bond motifs is 1. The highest BCUT2D eigenvalue weighted by Crippen LogP contribution is 2.09. The van der Waals surface area contributed by atoms with Crippen LogP contribution in [0.3, 0.4) is 0 Å². The van der Waals surface area contributed by atoms with Gasteiger partial charge in [-0.1, -0.05) is 6.07 Å². The Kier molecular flexibility index (Phi) is 2.64. The van der Waals surface area contributed by atoms with Crippen LogP contribution in [0, 0.1) is 6.92 Å². The molecule has 3 aromatic rings. The van der Waals surface area contributed by atoms with Crippen LogP contribution in [0.25, 0.3) is 5.65 Å². The second-order valence-corrected chi connectivity index (χ2v) is 4.07. The number of nitrogens with one attached hydrogen (secondary N) is 1. The zero-order valence-corrected chi connectivity index (χ0v) is 10.0. The fourth-order valence-corrected chi connectivity index (χ4v) is 1.86. The van der Waals surface area contributed by atoms with E-state index in [0.717, 1.165) is 17.2 Å². The van der Waals surface area contributed by atoms with E-state index in [2.05, 4.69) is 37.7 Å². The highest BCUT2D eigenvalue weighted by molar-refractivity contribution is 5.42. The average Bonchev–Trinajstić information content (AvgIpc) is 2.82. The Morgan fingerprint density at radius 3 is 3.00 bits per heavy atom. The minimum absolute atomic E-state index is 0.639. The summed E-state index contributed by atoms with van der Waals surface area (Å²) in [6.07, 6.45) is 7.05. The van der Waals surface area contributed by atoms with Gasteiger partial charge in [-0.2, -0.15) is 0 Å². The van der Waals surface area contributed by atoms with Crippen LogP contribution in [0.4, 0.5) is 5.82 Å². The van der Waals surface area contributed by atoms with Crippen LogP contribution in [0.2, 0.25) is 0 Å². The van der Waals surface area contributed by atoms with Crippen molar-refractivity contribution >= 4 is 11.5 Å². The second-order valence-electron chi connectivity index (χ2n) is 4.07. The maximum Gasteiger partial charge on any atom is 0.144 e. The van der Waals surface area contributed by atoms with Gasteiger partial charge >= 0.3 is 0 Å². The summed E-state index contributed by atoms with van der Waals surface area (Å²) in [6.45, 7) is 2.70. The van der Waals surface area contributed by atoms with Crippen molar-refractivity contribution in [3.63, 3.8) is 0 Å². The van der Waals surface area contributed by atoms with E-state index >= 15 is 0 Å². The van der Waals surface area contributed by atoms with Crippen LogP contribution in [0.1, 0.15) is 11.4 Å². The Hall–Kier alpha value is -2.43. The van der Waals surface area contributed by atoms with Gasteiger partial charge in [-0.15, -0.1) is 0 Å². The zero-order valence-electron chi connectivity index (χ0n) is 10.0. The number of anilines is 1. The Balaban J connectivity index is 1.81. The lowest BCUT2D eigenvalue weighted by Crippen LogP contribution is -2.01. The molecular formula is C13H13N5. The molecule has 0 radical (unpaired) electrons. The quantitative estimate of drug-likeness (QED) is 0.760. The monoisotopic (exact) mass is 239 g/mol. The smallest absolute Gasteiger partial charge is 0.144 e. The van der Waals surface area contributed by atoms with Gasteiger partial charge in [-0.25, -0.2) is 9.97 Å². The molecule has 0 unspecified atom stereocenters. The van der Waals surface area contributed by atoms with Gasteiger partial charge in [0, 0.05) is 24.3 Å². The molecule has 1 N–H and O–H groups in total. The van der Waals surface area contributed by atoms with Gasteiger partial charge < -0.3 is 9.72 Å². The highest BCUT2D eigenvalue weighted by Gasteiger charge is 2.02. The summed E-state index contributed by atoms with van der Waals surface area (Å²) in [5.41, 5.74) is 3.12. The molecule has 3 aromatic heterocycles. The van der Waals surface area contributed by atoms with E-state index in [9.17, 15) is 0 Å². The molecule has 0 aliphatic carbocycles. The number of aromatic nitrogens is 4. The number of nitrogens with zero attached hydrogens (tertiary/aromatic N) is 4. The van der Waals surface area contributed by atoms with Gasteiger partial charge in [0.05, 0.1) is 18.4 Å². The van der Waals surface area contributed by atoms with E-state index in [1.54, 1.807) is 18.6 Å². The predicted octanol–water partition coefficient (Wildman–Crippen LogP) is 2.04. The lowest BCUT2D eigenvalue weighted by atomic mass is 10.4. The summed E-state index contributed by atoms with van der Waals surface area (Å²) in [4.78, 5) is 12.7. The summed E-state index contributed by atoms with van der Waals surface area (Å²) < 4.78 is 2.08. The first-order chi connectivity index (χ1) is 8.83. The minimum Gasteiger partial charge on any atom is -0.363 e. The van der Waals surface area contributed by atoms with Crippen molar-refractivity contribution in [2.75, 3.05) is 5.32 Å². The molecule has 0 atom stereocenters. The molecule has 0 bridgehead atoms. The first-order valence-corrected chi connectivity index (χ1v) is 5.76. The van der Waals surface area contributed by atoms with Crippen molar-refractivity contribution < 1.29 is 0 Å². The SMILES string of the molecule is Cc1cccc2nc(CNc3cnccn3)cn12. The van der Waals surface area contributed by atoms with Gasteiger partial charge in [0.25, 0.3) is 0 Å². The third kappa shape index (κ3) is 2.02. The number of imidazole rings is 1. The summed E-state index contributed by atoms with van der Waals surface area (Å²) >= 11 is 0. The second kappa shape index (κ2) is 4.44. The van der Waals surface area contributed by atoms with Gasteiger partial charge in [-0.3, -0.25) is 4.98 Å². The maximum absolute atomic E-state index is 4.54. The Labute approximate surface area is 105 Å². The van der Waals surface area contributed by atoms with Crippen molar-refractivity contribution in [3.8, 4) is 0 Å². The summed E-state index contributed by atoms with van der Waals surface area (Å²) in [5.74, 6) is 0.756. The van der Waals surface area contributed by atoms with Crippen molar-refractivity contribution in [1.82, 2.24) is 19.4 Å². The first-order valence-electron chi connectivity index (χ1n) is 5.76. The van der Waals surface area contributed by atoms with E-state index in [1.165, 1.54) is 5.69 Å². The molecule has 0 amide bonds. The molecular weight excluding hydrogens is 226 g/mol. The van der Waals surface area contributed by atoms with E-state index in [-0.39, 0.29) is 0 Å². The molecule has 0 saturated heterocycles. The van der Waals surface area contributed by atoms with E-state index < -0.39 is 0 Å². The fraction of sp³-hybridized carbons (Fsp3) is 0.154. The van der Waals surface area contributed by atoms with E-state index in [4.69, 9.17) is 0 Å². The van der Waals surface area contributed by atoms with Crippen LogP contribution in [-0.2, 0) is 6.54 Å². The van der Waals surface area contributed by atoms with Gasteiger partial charge in [0.15, 0.2) is 0 Å². The van der Waals surface area contributed by atoms with Gasteiger partial charge in [-0.05, 0) is 19.1 Å². The molecule has 0 saturated carbocycles. The normalized spacial score (nSPS) is 10.7. The minimum atomic E-state index is 0.639. The predicted molar refractivity (Wildman–Crippen MR) is 69.3 cm³/mol. The molecule has 3 rings (SSSR count). The van der Waals surface area contributed by atoms with Crippen molar-refractivity contribution in [2.45, 2.75) is 13.5 Å². The third-order valence-corrected chi connectivity index (χ3v) is 2.76. The molecule has 5 heteroatoms. The summed E-state index contributed by atoms with van der Waals surface area (Å²) in [7, 11) is 0. The van der Waals surface area contributed by atoms with Crippen LogP contribution < -0.4 is 5.32 Å². The topological polar surface area (TPSA) is 55.1 Å². The van der Waals surface area contributed by atoms with Gasteiger partial charge in [0.1, 0.15) is 11.5 Å². The number of hydrogen-bond donors (Lipinski definition) is 1. The molecule has 0 aliphatic rings. The lowest BCUT2D eigenvalue weighted by molar-refractivity contribution is 1.04. The number of pyridine rings is 1. The van der Waals surface area contributed by atoms with E-state index in [1.807, 2.05) is 18.3 Å². The Morgan fingerprint density at radius 1 is 1.28 bits per heavy atom. The van der Waals surface area contributed by atoms with Gasteiger partial charge in [0.2, 0.25) is 0 Å². The number of rotatable bonds is 3. The van der Waals surface area contributed by atoms with Crippen LogP contribution in [-0.4, -0.2) is 19.4 Å². The fourth-order valence-electron chi connectivity index (χ4n) is 1.86. The molecule has 90 valence electrons. The highest BCUT2D eigenvalue weighted by atomic mass is 15.1. The Morgan fingerprint density at radius 2 is 2.22 bits per heavy atom.